The van der Waals surface area contributed by atoms with Crippen LogP contribution in [0.3, 0.4) is 0 Å². The maximum Gasteiger partial charge on any atom is 2.00 e. The molecule has 0 aromatic heterocycles. The Balaban J connectivity index is -0.00000000800. The van der Waals surface area contributed by atoms with E-state index in [0.717, 1.165) is 0 Å². The van der Waals surface area contributed by atoms with Gasteiger partial charge in [0.15, 0.2) is 0 Å². The van der Waals surface area contributed by atoms with E-state index in [2.05, 4.69) is 75.8 Å². The second-order valence-electron chi connectivity index (χ2n) is 0.548. The van der Waals surface area contributed by atoms with E-state index in [1.165, 1.54) is 32.4 Å². The van der Waals surface area contributed by atoms with Crippen molar-refractivity contribution in [3.05, 3.63) is 0 Å². The molecule has 0 heterocycles. The van der Waals surface area contributed by atoms with Gasteiger partial charge in [-0.15, -0.1) is 0 Å². The molecule has 23 heavy (non-hydrogen) atoms. The fraction of sp³-hybridized carbons (Fsp3) is 0. The minimum atomic E-state index is 0. The Morgan fingerprint density at radius 1 is 0.348 bits per heavy atom. The number of quaternary nitrogens is 4. The van der Waals surface area contributed by atoms with E-state index in [9.17, 15) is 0 Å². The minimum Gasteiger partial charge on any atom is -0.696 e. The Kier molecular flexibility index (Phi) is 1320. The summed E-state index contributed by atoms with van der Waals surface area (Å²) in [5.74, 6) is 0. The van der Waals surface area contributed by atoms with Gasteiger partial charge in [0.05, 0.1) is 0 Å². The molecule has 134 valence electrons. The summed E-state index contributed by atoms with van der Waals surface area (Å²) in [4.78, 5) is 0. The van der Waals surface area contributed by atoms with Crippen molar-refractivity contribution in [2.45, 2.75) is 0 Å². The van der Waals surface area contributed by atoms with Crippen LogP contribution in [0.25, 0.3) is 0 Å². The third-order valence-electron chi connectivity index (χ3n) is 0. The first kappa shape index (κ1) is 81.5. The molecule has 10 nitrogen and oxygen atoms in total. The quantitative estimate of drug-likeness (QED) is 0.220. The summed E-state index contributed by atoms with van der Waals surface area (Å²) in [5, 5.41) is 50.8. The van der Waals surface area contributed by atoms with Crippen LogP contribution in [0.4, 0.5) is 0 Å². The van der Waals surface area contributed by atoms with Crippen molar-refractivity contribution >= 4 is 75.8 Å². The van der Waals surface area contributed by atoms with Gasteiger partial charge in [-0.05, 0) is 0 Å². The molecule has 0 fully saturated rings. The van der Waals surface area contributed by atoms with Crippen LogP contribution in [0.15, 0.2) is 0 Å². The molecule has 17 heteroatoms. The summed E-state index contributed by atoms with van der Waals surface area (Å²) in [6.07, 6.45) is 0. The van der Waals surface area contributed by atoms with Crippen molar-refractivity contribution in [3.8, 4) is 32.4 Å². The van der Waals surface area contributed by atoms with Gasteiger partial charge in [0.2, 0.25) is 0 Å². The van der Waals surface area contributed by atoms with Gasteiger partial charge in [-0.1, -0.05) is 32.4 Å². The third kappa shape index (κ3) is 3750. The zero-order valence-corrected chi connectivity index (χ0v) is 18.5. The van der Waals surface area contributed by atoms with Crippen LogP contribution in [-0.4, -0.2) is 0 Å². The topological polar surface area (TPSA) is 289 Å². The third-order valence-corrected chi connectivity index (χ3v) is 0. The normalized spacial score (nSPS) is 1.83. The maximum absolute atomic E-state index is 7.13. The zero-order chi connectivity index (χ0) is 16.2. The molecule has 0 rings (SSSR count). The number of hydrogen-bond donors (Lipinski definition) is 4. The van der Waals surface area contributed by atoms with E-state index in [4.69, 9.17) is 31.6 Å². The smallest absolute Gasteiger partial charge is 0.696 e. The van der Waals surface area contributed by atoms with E-state index in [1.54, 1.807) is 0 Å². The van der Waals surface area contributed by atoms with Crippen LogP contribution in [0.5, 0.6) is 0 Å². The summed E-state index contributed by atoms with van der Waals surface area (Å²) >= 11 is 22.2. The molecule has 0 bridgehead atoms. The first-order valence-electron chi connectivity index (χ1n) is 2.57. The van der Waals surface area contributed by atoms with Gasteiger partial charge in [-0.25, -0.2) is 31.6 Å². The van der Waals surface area contributed by atoms with Gasteiger partial charge < -0.3 is 100 Å². The van der Waals surface area contributed by atoms with E-state index < -0.39 is 0 Å². The SMILES string of the molecule is N#C[S-].N#C[S-].N#C[S-].N#C[S-].N#C[S-].N#C[S-].[Fe+2].[NH4+].[NH4+].[NH4+].[NH4+]. The van der Waals surface area contributed by atoms with Gasteiger partial charge in [-0.2, -0.15) is 0 Å². The van der Waals surface area contributed by atoms with Gasteiger partial charge in [0, 0.05) is 0 Å². The van der Waals surface area contributed by atoms with Crippen LogP contribution in [0.1, 0.15) is 0 Å². The Morgan fingerprint density at radius 3 is 0.348 bits per heavy atom. The second kappa shape index (κ2) is 372. The van der Waals surface area contributed by atoms with Crippen molar-refractivity contribution in [2.75, 3.05) is 0 Å². The van der Waals surface area contributed by atoms with Crippen LogP contribution in [0.2, 0.25) is 0 Å². The molecule has 0 radical (unpaired) electrons. The van der Waals surface area contributed by atoms with Crippen LogP contribution >= 0.6 is 0 Å². The van der Waals surface area contributed by atoms with Crippen LogP contribution < -0.4 is 24.6 Å². The monoisotopic (exact) mass is 476 g/mol. The average molecular weight is 477 g/mol. The Hall–Kier alpha value is -1.38. The summed E-state index contributed by atoms with van der Waals surface area (Å²) in [7, 11) is 0. The van der Waals surface area contributed by atoms with Gasteiger partial charge >= 0.3 is 17.1 Å². The van der Waals surface area contributed by atoms with E-state index in [-0.39, 0.29) is 41.7 Å². The molecule has 0 amide bonds. The molecular formula is C6H16FeN10S6. The van der Waals surface area contributed by atoms with E-state index in [0.29, 0.717) is 0 Å². The molecule has 0 aliphatic rings. The number of nitrogens with zero attached hydrogens (tertiary/aromatic N) is 6. The molecular weight excluding hydrogens is 460 g/mol. The fourth-order valence-corrected chi connectivity index (χ4v) is 0. The van der Waals surface area contributed by atoms with Crippen molar-refractivity contribution in [1.82, 2.24) is 24.6 Å². The van der Waals surface area contributed by atoms with Crippen molar-refractivity contribution in [2.24, 2.45) is 0 Å². The molecule has 0 aromatic carbocycles. The molecule has 0 atom stereocenters. The van der Waals surface area contributed by atoms with E-state index in [1.807, 2.05) is 0 Å². The summed E-state index contributed by atoms with van der Waals surface area (Å²) in [5.41, 5.74) is 0. The van der Waals surface area contributed by atoms with Gasteiger partial charge in [0.25, 0.3) is 0 Å². The predicted molar refractivity (Wildman–Crippen MR) is 102 cm³/mol. The molecule has 0 aliphatic heterocycles. The number of nitriles is 6. The molecule has 16 N–H and O–H groups in total. The van der Waals surface area contributed by atoms with Crippen LogP contribution in [-0.2, 0) is 92.8 Å². The van der Waals surface area contributed by atoms with Crippen molar-refractivity contribution in [3.63, 3.8) is 0 Å². The van der Waals surface area contributed by atoms with Crippen molar-refractivity contribution in [1.29, 1.82) is 31.6 Å². The number of thiocyanates is 6. The second-order valence-corrected chi connectivity index (χ2v) is 1.64. The Labute approximate surface area is 180 Å². The molecule has 0 aliphatic carbocycles. The first-order chi connectivity index (χ1) is 8.49. The predicted octanol–water partition coefficient (Wildman–Crippen LogP) is 1.59. The number of hydrogen-bond acceptors (Lipinski definition) is 12. The fourth-order valence-electron chi connectivity index (χ4n) is 0. The summed E-state index contributed by atoms with van der Waals surface area (Å²) < 4.78 is 0. The van der Waals surface area contributed by atoms with Crippen LogP contribution in [0, 0.1) is 64.0 Å². The Morgan fingerprint density at radius 2 is 0.348 bits per heavy atom. The molecule has 0 aromatic rings. The standard InChI is InChI=1S/6CHNS.Fe.4H3N/c6*2-1-3;;;;;/h6*3H;;4*1H3/q;;;;;;+2;;;;/p-2. The molecule has 0 saturated heterocycles. The van der Waals surface area contributed by atoms with Gasteiger partial charge in [-0.3, -0.25) is 0 Å². The van der Waals surface area contributed by atoms with Gasteiger partial charge in [0.1, 0.15) is 0 Å². The van der Waals surface area contributed by atoms with Crippen molar-refractivity contribution < 1.29 is 17.1 Å². The zero-order valence-electron chi connectivity index (χ0n) is 12.5. The molecule has 0 unspecified atom stereocenters. The number of rotatable bonds is 0. The average Bonchev–Trinajstić information content (AvgIpc) is 2.23. The largest absolute Gasteiger partial charge is 2.00 e. The maximum atomic E-state index is 7.13. The summed E-state index contributed by atoms with van der Waals surface area (Å²) in [6.45, 7) is 0. The molecule has 0 saturated carbocycles. The summed E-state index contributed by atoms with van der Waals surface area (Å²) in [6, 6.07) is 0. The Bertz CT molecular complexity index is 262. The first-order valence-corrected chi connectivity index (χ1v) is 5.02. The molecule has 0 spiro atoms. The van der Waals surface area contributed by atoms with E-state index >= 15 is 0 Å². The minimum absolute atomic E-state index is 0.